The Bertz CT molecular complexity index is 283. The minimum atomic E-state index is 0.106. The molecule has 1 N–H and O–H groups in total. The topological polar surface area (TPSA) is 56.3 Å². The van der Waals surface area contributed by atoms with Crippen molar-refractivity contribution >= 4 is 0 Å². The molecule has 1 aliphatic heterocycles. The smallest absolute Gasteiger partial charge is 0.155 e. The minimum absolute atomic E-state index is 0.106. The number of morpholine rings is 1. The molecule has 0 radical (unpaired) electrons. The Balaban J connectivity index is 2.07. The number of methoxy groups -OCH3 is 1. The van der Waals surface area contributed by atoms with Crippen molar-refractivity contribution in [2.45, 2.75) is 6.04 Å². The zero-order valence-electron chi connectivity index (χ0n) is 8.06. The molecule has 0 saturated carbocycles. The van der Waals surface area contributed by atoms with Crippen molar-refractivity contribution in [3.8, 4) is 5.75 Å². The van der Waals surface area contributed by atoms with Crippen molar-refractivity contribution in [3.05, 3.63) is 18.2 Å². The van der Waals surface area contributed by atoms with Gasteiger partial charge in [0.1, 0.15) is 5.82 Å². The van der Waals surface area contributed by atoms with E-state index >= 15 is 0 Å². The standard InChI is InChI=1S/C9H13N3O2/c1-13-7-4-11-9(12-5-7)8-6-14-3-2-10-8/h4-5,8,10H,2-3,6H2,1H3. The van der Waals surface area contributed by atoms with E-state index in [1.165, 1.54) is 0 Å². The molecule has 0 aromatic carbocycles. The molecule has 0 amide bonds. The molecule has 14 heavy (non-hydrogen) atoms. The van der Waals surface area contributed by atoms with Crippen LogP contribution in [0.5, 0.6) is 5.75 Å². The first-order chi connectivity index (χ1) is 6.90. The molecule has 2 rings (SSSR count). The van der Waals surface area contributed by atoms with E-state index in [2.05, 4.69) is 15.3 Å². The lowest BCUT2D eigenvalue weighted by Gasteiger charge is -2.22. The number of aromatic nitrogens is 2. The number of hydrogen-bond donors (Lipinski definition) is 1. The van der Waals surface area contributed by atoms with Gasteiger partial charge < -0.3 is 14.8 Å². The summed E-state index contributed by atoms with van der Waals surface area (Å²) in [5.41, 5.74) is 0. The quantitative estimate of drug-likeness (QED) is 0.727. The fourth-order valence-electron chi connectivity index (χ4n) is 1.34. The SMILES string of the molecule is COc1cnc(C2COCCN2)nc1. The van der Waals surface area contributed by atoms with E-state index in [-0.39, 0.29) is 6.04 Å². The van der Waals surface area contributed by atoms with E-state index in [0.717, 1.165) is 19.0 Å². The van der Waals surface area contributed by atoms with Crippen LogP contribution in [0.4, 0.5) is 0 Å². The number of hydrogen-bond acceptors (Lipinski definition) is 5. The molecule has 0 bridgehead atoms. The molecule has 1 fully saturated rings. The lowest BCUT2D eigenvalue weighted by Crippen LogP contribution is -2.35. The molecule has 1 aromatic heterocycles. The zero-order valence-corrected chi connectivity index (χ0v) is 8.06. The second kappa shape index (κ2) is 4.34. The number of nitrogens with zero attached hydrogens (tertiary/aromatic N) is 2. The predicted molar refractivity (Wildman–Crippen MR) is 50.1 cm³/mol. The van der Waals surface area contributed by atoms with Gasteiger partial charge in [0.25, 0.3) is 0 Å². The van der Waals surface area contributed by atoms with Gasteiger partial charge in [0, 0.05) is 6.54 Å². The van der Waals surface area contributed by atoms with Crippen molar-refractivity contribution in [2.24, 2.45) is 0 Å². The molecule has 5 heteroatoms. The maximum absolute atomic E-state index is 5.32. The summed E-state index contributed by atoms with van der Waals surface area (Å²) in [5, 5.41) is 3.28. The highest BCUT2D eigenvalue weighted by Crippen LogP contribution is 2.12. The summed E-state index contributed by atoms with van der Waals surface area (Å²) in [6, 6.07) is 0.106. The number of ether oxygens (including phenoxy) is 2. The molecule has 0 spiro atoms. The van der Waals surface area contributed by atoms with Crippen LogP contribution in [0.3, 0.4) is 0 Å². The zero-order chi connectivity index (χ0) is 9.80. The van der Waals surface area contributed by atoms with Crippen molar-refractivity contribution in [1.82, 2.24) is 15.3 Å². The van der Waals surface area contributed by atoms with Crippen LogP contribution in [0.1, 0.15) is 11.9 Å². The molecule has 0 aliphatic carbocycles. The molecule has 2 heterocycles. The third-order valence-electron chi connectivity index (χ3n) is 2.12. The Morgan fingerprint density at radius 1 is 1.50 bits per heavy atom. The van der Waals surface area contributed by atoms with Crippen molar-refractivity contribution < 1.29 is 9.47 Å². The van der Waals surface area contributed by atoms with Crippen LogP contribution in [0, 0.1) is 0 Å². The minimum Gasteiger partial charge on any atom is -0.494 e. The van der Waals surface area contributed by atoms with Gasteiger partial charge in [-0.2, -0.15) is 0 Å². The van der Waals surface area contributed by atoms with Gasteiger partial charge in [-0.25, -0.2) is 9.97 Å². The molecule has 76 valence electrons. The highest BCUT2D eigenvalue weighted by Gasteiger charge is 2.17. The van der Waals surface area contributed by atoms with E-state index in [4.69, 9.17) is 9.47 Å². The molecule has 1 aliphatic rings. The summed E-state index contributed by atoms with van der Waals surface area (Å²) in [5.74, 6) is 1.43. The third kappa shape index (κ3) is 2.00. The molecule has 1 aromatic rings. The summed E-state index contributed by atoms with van der Waals surface area (Å²) < 4.78 is 10.3. The Hall–Kier alpha value is -1.20. The van der Waals surface area contributed by atoms with Gasteiger partial charge in [-0.15, -0.1) is 0 Å². The van der Waals surface area contributed by atoms with E-state index in [9.17, 15) is 0 Å². The van der Waals surface area contributed by atoms with Gasteiger partial charge in [0.2, 0.25) is 0 Å². The second-order valence-electron chi connectivity index (χ2n) is 3.06. The van der Waals surface area contributed by atoms with Crippen LogP contribution in [0.25, 0.3) is 0 Å². The molecule has 1 atom stereocenters. The van der Waals surface area contributed by atoms with Crippen LogP contribution >= 0.6 is 0 Å². The summed E-state index contributed by atoms with van der Waals surface area (Å²) in [4.78, 5) is 8.39. The van der Waals surface area contributed by atoms with E-state index < -0.39 is 0 Å². The van der Waals surface area contributed by atoms with Gasteiger partial charge >= 0.3 is 0 Å². The molecule has 5 nitrogen and oxygen atoms in total. The van der Waals surface area contributed by atoms with Crippen LogP contribution in [-0.2, 0) is 4.74 Å². The summed E-state index contributed by atoms with van der Waals surface area (Å²) in [6.45, 7) is 2.24. The highest BCUT2D eigenvalue weighted by molar-refractivity contribution is 5.13. The molecule has 1 unspecified atom stereocenters. The average molecular weight is 195 g/mol. The first-order valence-electron chi connectivity index (χ1n) is 4.57. The largest absolute Gasteiger partial charge is 0.494 e. The average Bonchev–Trinajstić information content (AvgIpc) is 2.30. The van der Waals surface area contributed by atoms with Crippen LogP contribution < -0.4 is 10.1 Å². The Morgan fingerprint density at radius 2 is 2.29 bits per heavy atom. The van der Waals surface area contributed by atoms with E-state index in [1.54, 1.807) is 19.5 Å². The molecular formula is C9H13N3O2. The predicted octanol–water partition coefficient (Wildman–Crippen LogP) is 0.146. The highest BCUT2D eigenvalue weighted by atomic mass is 16.5. The maximum atomic E-state index is 5.32. The molecule has 1 saturated heterocycles. The maximum Gasteiger partial charge on any atom is 0.155 e. The van der Waals surface area contributed by atoms with Gasteiger partial charge in [-0.05, 0) is 0 Å². The fraction of sp³-hybridized carbons (Fsp3) is 0.556. The third-order valence-corrected chi connectivity index (χ3v) is 2.12. The number of nitrogens with one attached hydrogen (secondary N) is 1. The normalized spacial score (nSPS) is 21.9. The van der Waals surface area contributed by atoms with E-state index in [1.807, 2.05) is 0 Å². The first-order valence-corrected chi connectivity index (χ1v) is 4.57. The Morgan fingerprint density at radius 3 is 2.86 bits per heavy atom. The monoisotopic (exact) mass is 195 g/mol. The lowest BCUT2D eigenvalue weighted by atomic mass is 10.2. The second-order valence-corrected chi connectivity index (χ2v) is 3.06. The van der Waals surface area contributed by atoms with Crippen molar-refractivity contribution in [3.63, 3.8) is 0 Å². The van der Waals surface area contributed by atoms with Gasteiger partial charge in [0.05, 0.1) is 38.8 Å². The first kappa shape index (κ1) is 9.36. The fourth-order valence-corrected chi connectivity index (χ4v) is 1.34. The van der Waals surface area contributed by atoms with Gasteiger partial charge in [-0.1, -0.05) is 0 Å². The van der Waals surface area contributed by atoms with Crippen LogP contribution in [0.2, 0.25) is 0 Å². The number of rotatable bonds is 2. The Labute approximate surface area is 82.5 Å². The van der Waals surface area contributed by atoms with Gasteiger partial charge in [0.15, 0.2) is 5.75 Å². The van der Waals surface area contributed by atoms with E-state index in [0.29, 0.717) is 12.4 Å². The van der Waals surface area contributed by atoms with Crippen molar-refractivity contribution in [2.75, 3.05) is 26.9 Å². The Kier molecular flexibility index (Phi) is 2.90. The van der Waals surface area contributed by atoms with Crippen LogP contribution in [0.15, 0.2) is 12.4 Å². The summed E-state index contributed by atoms with van der Waals surface area (Å²) >= 11 is 0. The lowest BCUT2D eigenvalue weighted by molar-refractivity contribution is 0.0741. The molecular weight excluding hydrogens is 182 g/mol. The summed E-state index contributed by atoms with van der Waals surface area (Å²) in [6.07, 6.45) is 3.33. The summed E-state index contributed by atoms with van der Waals surface area (Å²) in [7, 11) is 1.60. The van der Waals surface area contributed by atoms with Crippen LogP contribution in [-0.4, -0.2) is 36.8 Å². The van der Waals surface area contributed by atoms with Crippen molar-refractivity contribution in [1.29, 1.82) is 0 Å². The van der Waals surface area contributed by atoms with Gasteiger partial charge in [-0.3, -0.25) is 0 Å².